The van der Waals surface area contributed by atoms with Crippen molar-refractivity contribution in [3.63, 3.8) is 0 Å². The number of fused-ring (bicyclic) bond motifs is 2. The number of piperazine rings is 1. The van der Waals surface area contributed by atoms with Crippen molar-refractivity contribution in [1.82, 2.24) is 15.1 Å². The summed E-state index contributed by atoms with van der Waals surface area (Å²) in [5.41, 5.74) is 2.80. The fourth-order valence-corrected chi connectivity index (χ4v) is 6.50. The third-order valence-electron chi connectivity index (χ3n) is 8.01. The number of piperidine rings is 1. The van der Waals surface area contributed by atoms with Gasteiger partial charge >= 0.3 is 0 Å². The quantitative estimate of drug-likeness (QED) is 0.841. The Kier molecular flexibility index (Phi) is 5.01. The summed E-state index contributed by atoms with van der Waals surface area (Å²) in [4.78, 5) is 5.34. The van der Waals surface area contributed by atoms with E-state index in [-0.39, 0.29) is 17.6 Å². The lowest BCUT2D eigenvalue weighted by Crippen LogP contribution is -2.54. The number of aliphatic hydroxyl groups excluding tert-OH is 1. The van der Waals surface area contributed by atoms with E-state index in [2.05, 4.69) is 39.4 Å². The summed E-state index contributed by atoms with van der Waals surface area (Å²) in [6.07, 6.45) is 8.90. The summed E-state index contributed by atoms with van der Waals surface area (Å²) in [6, 6.07) is 9.91. The lowest BCUT2D eigenvalue weighted by Gasteiger charge is -2.45. The molecule has 5 rings (SSSR count). The summed E-state index contributed by atoms with van der Waals surface area (Å²) < 4.78 is 0. The molecule has 1 aromatic carbocycles. The van der Waals surface area contributed by atoms with Crippen molar-refractivity contribution in [3.8, 4) is 0 Å². The molecule has 0 amide bonds. The lowest BCUT2D eigenvalue weighted by atomic mass is 9.72. The van der Waals surface area contributed by atoms with E-state index >= 15 is 0 Å². The molecular weight excluding hydrogens is 334 g/mol. The molecule has 0 aromatic heterocycles. The Morgan fingerprint density at radius 2 is 1.56 bits per heavy atom. The van der Waals surface area contributed by atoms with Crippen LogP contribution in [0.3, 0.4) is 0 Å². The highest BCUT2D eigenvalue weighted by Crippen LogP contribution is 2.52. The van der Waals surface area contributed by atoms with Gasteiger partial charge in [-0.25, -0.2) is 0 Å². The second-order valence-corrected chi connectivity index (χ2v) is 9.25. The highest BCUT2D eigenvalue weighted by atomic mass is 16.3. The standard InChI is InChI=1S/C23H35N3O/c27-22-21(26-16-14-25(15-17-26)18-6-2-1-3-7-18)19-8-4-5-9-20(19)23(22)10-12-24-13-11-23/h4-5,8-9,18,21-22,24,27H,1-3,6-7,10-17H2/t21-,22+/m1/s1. The van der Waals surface area contributed by atoms with Crippen molar-refractivity contribution in [2.75, 3.05) is 39.3 Å². The van der Waals surface area contributed by atoms with E-state index in [0.717, 1.165) is 45.1 Å². The van der Waals surface area contributed by atoms with Crippen LogP contribution in [0.4, 0.5) is 0 Å². The first-order valence-electron chi connectivity index (χ1n) is 11.3. The molecule has 4 heteroatoms. The van der Waals surface area contributed by atoms with Crippen LogP contribution in [0, 0.1) is 0 Å². The molecule has 2 saturated heterocycles. The number of benzene rings is 1. The maximum Gasteiger partial charge on any atom is 0.0834 e. The van der Waals surface area contributed by atoms with Crippen LogP contribution in [0.1, 0.15) is 62.1 Å². The number of hydrogen-bond donors (Lipinski definition) is 2. The summed E-state index contributed by atoms with van der Waals surface area (Å²) in [6.45, 7) is 6.58. The molecule has 2 atom stereocenters. The first kappa shape index (κ1) is 18.1. The minimum atomic E-state index is -0.266. The molecule has 4 aliphatic rings. The van der Waals surface area contributed by atoms with E-state index in [0.29, 0.717) is 0 Å². The normalized spacial score (nSPS) is 32.6. The third kappa shape index (κ3) is 3.05. The molecular formula is C23H35N3O. The molecule has 0 unspecified atom stereocenters. The van der Waals surface area contributed by atoms with Crippen molar-refractivity contribution >= 4 is 0 Å². The van der Waals surface area contributed by atoms with E-state index in [1.165, 1.54) is 56.3 Å². The van der Waals surface area contributed by atoms with Crippen molar-refractivity contribution in [1.29, 1.82) is 0 Å². The Labute approximate surface area is 163 Å². The molecule has 0 bridgehead atoms. The molecule has 4 nitrogen and oxygen atoms in total. The van der Waals surface area contributed by atoms with Gasteiger partial charge in [-0.15, -0.1) is 0 Å². The molecule has 1 aromatic rings. The second-order valence-electron chi connectivity index (χ2n) is 9.25. The number of aliphatic hydroxyl groups is 1. The van der Waals surface area contributed by atoms with E-state index in [4.69, 9.17) is 0 Å². The zero-order valence-electron chi connectivity index (χ0n) is 16.6. The minimum Gasteiger partial charge on any atom is -0.390 e. The largest absolute Gasteiger partial charge is 0.390 e. The summed E-state index contributed by atoms with van der Waals surface area (Å²) >= 11 is 0. The van der Waals surface area contributed by atoms with E-state index in [1.54, 1.807) is 0 Å². The number of hydrogen-bond acceptors (Lipinski definition) is 4. The number of nitrogens with zero attached hydrogens (tertiary/aromatic N) is 2. The zero-order chi connectivity index (χ0) is 18.3. The Bertz CT molecular complexity index is 643. The monoisotopic (exact) mass is 369 g/mol. The van der Waals surface area contributed by atoms with Crippen LogP contribution in [-0.4, -0.2) is 66.3 Å². The predicted octanol–water partition coefficient (Wildman–Crippen LogP) is 2.67. The van der Waals surface area contributed by atoms with Gasteiger partial charge in [-0.2, -0.15) is 0 Å². The number of nitrogens with one attached hydrogen (secondary N) is 1. The maximum absolute atomic E-state index is 11.6. The summed E-state index contributed by atoms with van der Waals surface area (Å²) in [5.74, 6) is 0. The average molecular weight is 370 g/mol. The molecule has 148 valence electrons. The van der Waals surface area contributed by atoms with Crippen LogP contribution in [0.5, 0.6) is 0 Å². The molecule has 2 aliphatic carbocycles. The molecule has 0 radical (unpaired) electrons. The SMILES string of the molecule is O[C@H]1[C@H](N2CCN(C3CCCCC3)CC2)c2ccccc2C12CCNCC2. The third-order valence-corrected chi connectivity index (χ3v) is 8.01. The van der Waals surface area contributed by atoms with Gasteiger partial charge in [0, 0.05) is 37.6 Å². The van der Waals surface area contributed by atoms with Crippen LogP contribution in [-0.2, 0) is 5.41 Å². The molecule has 1 saturated carbocycles. The van der Waals surface area contributed by atoms with Gasteiger partial charge in [0.2, 0.25) is 0 Å². The van der Waals surface area contributed by atoms with Crippen LogP contribution in [0.15, 0.2) is 24.3 Å². The fourth-order valence-electron chi connectivity index (χ4n) is 6.50. The topological polar surface area (TPSA) is 38.7 Å². The number of rotatable bonds is 2. The average Bonchev–Trinajstić information content (AvgIpc) is 2.98. The van der Waals surface area contributed by atoms with Gasteiger partial charge in [0.15, 0.2) is 0 Å². The van der Waals surface area contributed by atoms with Crippen LogP contribution in [0.25, 0.3) is 0 Å². The van der Waals surface area contributed by atoms with Gasteiger partial charge in [0.25, 0.3) is 0 Å². The first-order valence-corrected chi connectivity index (χ1v) is 11.3. The molecule has 27 heavy (non-hydrogen) atoms. The Morgan fingerprint density at radius 1 is 0.889 bits per heavy atom. The molecule has 2 heterocycles. The highest BCUT2D eigenvalue weighted by Gasteiger charge is 2.53. The second kappa shape index (κ2) is 7.47. The van der Waals surface area contributed by atoms with E-state index in [9.17, 15) is 5.11 Å². The lowest BCUT2D eigenvalue weighted by molar-refractivity contribution is -0.0250. The van der Waals surface area contributed by atoms with Crippen LogP contribution < -0.4 is 5.32 Å². The Hall–Kier alpha value is -0.940. The molecule has 2 aliphatic heterocycles. The summed E-state index contributed by atoms with van der Waals surface area (Å²) in [5, 5.41) is 15.1. The minimum absolute atomic E-state index is 0.0347. The van der Waals surface area contributed by atoms with Crippen molar-refractivity contribution in [2.45, 2.75) is 68.5 Å². The zero-order valence-corrected chi connectivity index (χ0v) is 16.6. The molecule has 1 spiro atoms. The molecule has 2 N–H and O–H groups in total. The van der Waals surface area contributed by atoms with Gasteiger partial charge in [0.05, 0.1) is 12.1 Å². The van der Waals surface area contributed by atoms with Gasteiger partial charge in [-0.05, 0) is 49.9 Å². The molecule has 3 fully saturated rings. The Morgan fingerprint density at radius 3 is 2.30 bits per heavy atom. The Balaban J connectivity index is 1.35. The smallest absolute Gasteiger partial charge is 0.0834 e. The summed E-state index contributed by atoms with van der Waals surface area (Å²) in [7, 11) is 0. The van der Waals surface area contributed by atoms with E-state index < -0.39 is 0 Å². The fraction of sp³-hybridized carbons (Fsp3) is 0.739. The first-order chi connectivity index (χ1) is 13.3. The van der Waals surface area contributed by atoms with Gasteiger partial charge in [-0.3, -0.25) is 9.80 Å². The predicted molar refractivity (Wildman–Crippen MR) is 109 cm³/mol. The van der Waals surface area contributed by atoms with Gasteiger partial charge in [-0.1, -0.05) is 43.5 Å². The van der Waals surface area contributed by atoms with Crippen LogP contribution >= 0.6 is 0 Å². The van der Waals surface area contributed by atoms with Crippen molar-refractivity contribution in [2.24, 2.45) is 0 Å². The van der Waals surface area contributed by atoms with Gasteiger partial charge < -0.3 is 10.4 Å². The van der Waals surface area contributed by atoms with Crippen LogP contribution in [0.2, 0.25) is 0 Å². The highest BCUT2D eigenvalue weighted by molar-refractivity contribution is 5.45. The van der Waals surface area contributed by atoms with Crippen molar-refractivity contribution < 1.29 is 5.11 Å². The maximum atomic E-state index is 11.6. The van der Waals surface area contributed by atoms with Crippen molar-refractivity contribution in [3.05, 3.63) is 35.4 Å². The van der Waals surface area contributed by atoms with Gasteiger partial charge in [0.1, 0.15) is 0 Å². The van der Waals surface area contributed by atoms with E-state index in [1.807, 2.05) is 0 Å².